The summed E-state index contributed by atoms with van der Waals surface area (Å²) in [6, 6.07) is 0. The zero-order valence-corrected chi connectivity index (χ0v) is 15.3. The van der Waals surface area contributed by atoms with Crippen LogP contribution in [0.2, 0.25) is 0 Å². The van der Waals surface area contributed by atoms with Crippen molar-refractivity contribution in [2.75, 3.05) is 0 Å². The number of carbonyl (C=O) groups excluding carboxylic acids is 1. The number of hydrogen-bond acceptors (Lipinski definition) is 1. The lowest BCUT2D eigenvalue weighted by Crippen LogP contribution is -2.24. The third-order valence-corrected chi connectivity index (χ3v) is 3.98. The summed E-state index contributed by atoms with van der Waals surface area (Å²) in [5, 5.41) is 0. The summed E-state index contributed by atoms with van der Waals surface area (Å²) in [6.07, 6.45) is 9.18. The second-order valence-corrected chi connectivity index (χ2v) is 8.02. The highest BCUT2D eigenvalue weighted by Crippen LogP contribution is 2.37. The van der Waals surface area contributed by atoms with E-state index in [4.69, 9.17) is 6.42 Å². The van der Waals surface area contributed by atoms with Gasteiger partial charge in [-0.3, -0.25) is 0 Å². The summed E-state index contributed by atoms with van der Waals surface area (Å²) in [6.45, 7) is 19.2. The van der Waals surface area contributed by atoms with Crippen LogP contribution in [0.1, 0.15) is 81.6 Å². The summed E-state index contributed by atoms with van der Waals surface area (Å²) in [5.41, 5.74) is 0.750. The minimum atomic E-state index is 0.167. The van der Waals surface area contributed by atoms with Crippen molar-refractivity contribution in [3.8, 4) is 12.3 Å². The Balaban J connectivity index is 0. The van der Waals surface area contributed by atoms with Crippen molar-refractivity contribution in [2.45, 2.75) is 81.6 Å². The Labute approximate surface area is 127 Å². The third kappa shape index (κ3) is 12.3. The van der Waals surface area contributed by atoms with E-state index in [0.29, 0.717) is 22.7 Å². The molecule has 1 heteroatoms. The smallest absolute Gasteiger partial charge is 0.126 e. The molecule has 118 valence electrons. The average Bonchev–Trinajstić information content (AvgIpc) is 2.25. The van der Waals surface area contributed by atoms with Crippen molar-refractivity contribution < 1.29 is 4.79 Å². The quantitative estimate of drug-likeness (QED) is 0.588. The minimum absolute atomic E-state index is 0.167. The van der Waals surface area contributed by atoms with Crippen LogP contribution < -0.4 is 0 Å². The molecule has 0 aliphatic rings. The highest BCUT2D eigenvalue weighted by atomic mass is 16.1. The number of Topliss-reactive ketones (excluding diaryl/α,β-unsaturated/α-hetero) is 1. The fraction of sp³-hybridized carbons (Fsp3) is 0.842. The Hall–Kier alpha value is -0.770. The van der Waals surface area contributed by atoms with Crippen LogP contribution in [0.5, 0.6) is 0 Å². The largest absolute Gasteiger partial charge is 0.300 e. The van der Waals surface area contributed by atoms with Crippen molar-refractivity contribution >= 4 is 5.78 Å². The number of carbonyl (C=O) groups is 1. The fourth-order valence-corrected chi connectivity index (χ4v) is 2.04. The molecular formula is C19H36O. The van der Waals surface area contributed by atoms with Crippen molar-refractivity contribution in [1.29, 1.82) is 0 Å². The van der Waals surface area contributed by atoms with E-state index in [1.54, 1.807) is 0 Å². The SMILES string of the molecule is C#CC(CC(C)C(C)(C)CC)CC(C)(C)C.CC(C)=O. The van der Waals surface area contributed by atoms with Crippen LogP contribution in [0.4, 0.5) is 0 Å². The topological polar surface area (TPSA) is 17.1 Å². The van der Waals surface area contributed by atoms with E-state index < -0.39 is 0 Å². The molecule has 0 rings (SSSR count). The summed E-state index contributed by atoms with van der Waals surface area (Å²) in [7, 11) is 0. The molecule has 0 aromatic carbocycles. The lowest BCUT2D eigenvalue weighted by atomic mass is 9.71. The maximum atomic E-state index is 9.44. The molecule has 0 radical (unpaired) electrons. The first-order chi connectivity index (χ1) is 8.85. The maximum absolute atomic E-state index is 9.44. The molecule has 0 bridgehead atoms. The first-order valence-corrected chi connectivity index (χ1v) is 7.79. The van der Waals surface area contributed by atoms with Gasteiger partial charge in [0, 0.05) is 5.92 Å². The number of ketones is 1. The van der Waals surface area contributed by atoms with Crippen LogP contribution in [0, 0.1) is 35.0 Å². The van der Waals surface area contributed by atoms with Gasteiger partial charge < -0.3 is 4.79 Å². The van der Waals surface area contributed by atoms with Gasteiger partial charge in [0.1, 0.15) is 5.78 Å². The highest BCUT2D eigenvalue weighted by molar-refractivity contribution is 5.72. The minimum Gasteiger partial charge on any atom is -0.300 e. The van der Waals surface area contributed by atoms with Gasteiger partial charge in [0.25, 0.3) is 0 Å². The van der Waals surface area contributed by atoms with E-state index in [2.05, 4.69) is 54.4 Å². The van der Waals surface area contributed by atoms with Gasteiger partial charge in [-0.15, -0.1) is 12.3 Å². The average molecular weight is 280 g/mol. The lowest BCUT2D eigenvalue weighted by molar-refractivity contribution is -0.114. The van der Waals surface area contributed by atoms with Gasteiger partial charge in [-0.05, 0) is 43.4 Å². The molecule has 0 aromatic heterocycles. The molecule has 20 heavy (non-hydrogen) atoms. The van der Waals surface area contributed by atoms with Gasteiger partial charge in [0.2, 0.25) is 0 Å². The van der Waals surface area contributed by atoms with Crippen molar-refractivity contribution in [3.05, 3.63) is 0 Å². The first-order valence-electron chi connectivity index (χ1n) is 7.79. The molecule has 2 atom stereocenters. The van der Waals surface area contributed by atoms with Crippen molar-refractivity contribution in [1.82, 2.24) is 0 Å². The molecule has 0 aromatic rings. The number of hydrogen-bond donors (Lipinski definition) is 0. The Bertz CT molecular complexity index is 308. The fourth-order valence-electron chi connectivity index (χ4n) is 2.04. The van der Waals surface area contributed by atoms with Crippen molar-refractivity contribution in [2.24, 2.45) is 22.7 Å². The molecule has 0 spiro atoms. The van der Waals surface area contributed by atoms with Crippen LogP contribution in [-0.4, -0.2) is 5.78 Å². The van der Waals surface area contributed by atoms with Gasteiger partial charge in [-0.2, -0.15) is 0 Å². The monoisotopic (exact) mass is 280 g/mol. The Morgan fingerprint density at radius 1 is 1.15 bits per heavy atom. The summed E-state index contributed by atoms with van der Waals surface area (Å²) >= 11 is 0. The second kappa shape index (κ2) is 9.22. The van der Waals surface area contributed by atoms with Crippen LogP contribution >= 0.6 is 0 Å². The highest BCUT2D eigenvalue weighted by Gasteiger charge is 2.27. The second-order valence-electron chi connectivity index (χ2n) is 8.02. The van der Waals surface area contributed by atoms with Gasteiger partial charge in [0.05, 0.1) is 0 Å². The zero-order chi connectivity index (χ0) is 16.6. The molecule has 0 aliphatic carbocycles. The number of terminal acetylenes is 1. The van der Waals surface area contributed by atoms with Crippen LogP contribution in [0.3, 0.4) is 0 Å². The molecular weight excluding hydrogens is 244 g/mol. The Kier molecular flexibility index (Phi) is 9.92. The van der Waals surface area contributed by atoms with E-state index in [1.165, 1.54) is 20.3 Å². The van der Waals surface area contributed by atoms with E-state index in [9.17, 15) is 4.79 Å². The van der Waals surface area contributed by atoms with Gasteiger partial charge in [-0.25, -0.2) is 0 Å². The molecule has 0 amide bonds. The van der Waals surface area contributed by atoms with Crippen LogP contribution in [0.25, 0.3) is 0 Å². The molecule has 0 aliphatic heterocycles. The molecule has 0 N–H and O–H groups in total. The molecule has 0 saturated heterocycles. The molecule has 2 unspecified atom stereocenters. The van der Waals surface area contributed by atoms with Gasteiger partial charge in [0.15, 0.2) is 0 Å². The van der Waals surface area contributed by atoms with E-state index in [0.717, 1.165) is 12.8 Å². The summed E-state index contributed by atoms with van der Waals surface area (Å²) < 4.78 is 0. The standard InChI is InChI=1S/C16H30.C3H6O/c1-9-14(12-15(4,5)6)11-13(3)16(7,8)10-2;1-3(2)4/h1,13-14H,10-12H2,2-8H3;1-2H3. The molecule has 1 nitrogen and oxygen atoms in total. The van der Waals surface area contributed by atoms with E-state index >= 15 is 0 Å². The summed E-state index contributed by atoms with van der Waals surface area (Å²) in [5.74, 6) is 4.28. The number of rotatable bonds is 5. The van der Waals surface area contributed by atoms with Crippen LogP contribution in [0.15, 0.2) is 0 Å². The first kappa shape index (κ1) is 21.5. The Morgan fingerprint density at radius 2 is 1.55 bits per heavy atom. The molecule has 0 saturated carbocycles. The van der Waals surface area contributed by atoms with E-state index in [1.807, 2.05) is 0 Å². The van der Waals surface area contributed by atoms with Gasteiger partial charge in [-0.1, -0.05) is 54.9 Å². The Morgan fingerprint density at radius 3 is 1.80 bits per heavy atom. The molecule has 0 heterocycles. The molecule has 0 fully saturated rings. The lowest BCUT2D eigenvalue weighted by Gasteiger charge is -2.33. The normalized spacial score (nSPS) is 14.6. The summed E-state index contributed by atoms with van der Waals surface area (Å²) in [4.78, 5) is 9.44. The zero-order valence-electron chi connectivity index (χ0n) is 15.3. The predicted octanol–water partition coefficient (Wildman–Crippen LogP) is 5.73. The van der Waals surface area contributed by atoms with Crippen LogP contribution in [-0.2, 0) is 4.79 Å². The van der Waals surface area contributed by atoms with Crippen molar-refractivity contribution in [3.63, 3.8) is 0 Å². The van der Waals surface area contributed by atoms with E-state index in [-0.39, 0.29) is 5.78 Å². The van der Waals surface area contributed by atoms with Gasteiger partial charge >= 0.3 is 0 Å². The predicted molar refractivity (Wildman–Crippen MR) is 90.6 cm³/mol. The maximum Gasteiger partial charge on any atom is 0.126 e. The third-order valence-electron chi connectivity index (χ3n) is 3.98.